The number of carbonyl (C=O) groups excluding carboxylic acids is 1. The van der Waals surface area contributed by atoms with E-state index in [-0.39, 0.29) is 18.1 Å². The van der Waals surface area contributed by atoms with Gasteiger partial charge in [0.2, 0.25) is 0 Å². The predicted molar refractivity (Wildman–Crippen MR) is 64.1 cm³/mol. The molecule has 1 aromatic rings. The highest BCUT2D eigenvalue weighted by molar-refractivity contribution is 5.71. The summed E-state index contributed by atoms with van der Waals surface area (Å²) in [6.45, 7) is 2.91. The summed E-state index contributed by atoms with van der Waals surface area (Å²) in [6, 6.07) is 6.19. The minimum absolute atomic E-state index is 0.118. The van der Waals surface area contributed by atoms with Crippen molar-refractivity contribution >= 4 is 5.97 Å². The minimum atomic E-state index is -0.433. The van der Waals surface area contributed by atoms with Gasteiger partial charge < -0.3 is 4.74 Å². The molecule has 0 N–H and O–H groups in total. The van der Waals surface area contributed by atoms with Gasteiger partial charge in [-0.3, -0.25) is 9.69 Å². The third-order valence-corrected chi connectivity index (χ3v) is 2.60. The lowest BCUT2D eigenvalue weighted by atomic mass is 10.1. The molecule has 1 rings (SSSR count). The van der Waals surface area contributed by atoms with Crippen LogP contribution in [-0.4, -0.2) is 31.1 Å². The van der Waals surface area contributed by atoms with Crippen LogP contribution in [0.2, 0.25) is 0 Å². The smallest absolute Gasteiger partial charge is 0.319 e. The third kappa shape index (κ3) is 3.82. The van der Waals surface area contributed by atoms with E-state index in [1.54, 1.807) is 17.0 Å². The van der Waals surface area contributed by atoms with E-state index in [9.17, 15) is 9.18 Å². The number of hydrogen-bond acceptors (Lipinski definition) is 4. The second kappa shape index (κ2) is 6.72. The van der Waals surface area contributed by atoms with Gasteiger partial charge in [-0.1, -0.05) is 13.0 Å². The maximum atomic E-state index is 13.7. The number of benzene rings is 1. The van der Waals surface area contributed by atoms with Crippen molar-refractivity contribution in [3.63, 3.8) is 0 Å². The van der Waals surface area contributed by atoms with Crippen LogP contribution in [0.1, 0.15) is 18.1 Å². The van der Waals surface area contributed by atoms with E-state index in [4.69, 9.17) is 5.26 Å². The first-order valence-corrected chi connectivity index (χ1v) is 5.58. The average molecular weight is 250 g/mol. The largest absolute Gasteiger partial charge is 0.468 e. The van der Waals surface area contributed by atoms with Crippen LogP contribution in [0.15, 0.2) is 18.2 Å². The lowest BCUT2D eigenvalue weighted by Gasteiger charge is -2.19. The first kappa shape index (κ1) is 14.1. The number of hydrogen-bond donors (Lipinski definition) is 0. The Morgan fingerprint density at radius 3 is 2.78 bits per heavy atom. The van der Waals surface area contributed by atoms with Crippen LogP contribution < -0.4 is 0 Å². The lowest BCUT2D eigenvalue weighted by Crippen LogP contribution is -2.30. The SMILES string of the molecule is CCN(CC(=O)OC)Cc1ccc(C#N)cc1F. The highest BCUT2D eigenvalue weighted by Gasteiger charge is 2.12. The van der Waals surface area contributed by atoms with Crippen LogP contribution in [-0.2, 0) is 16.1 Å². The molecule has 0 spiro atoms. The van der Waals surface area contributed by atoms with Crippen molar-refractivity contribution in [3.05, 3.63) is 35.1 Å². The Balaban J connectivity index is 2.76. The van der Waals surface area contributed by atoms with E-state index in [2.05, 4.69) is 4.74 Å². The van der Waals surface area contributed by atoms with Gasteiger partial charge in [0.15, 0.2) is 0 Å². The summed E-state index contributed by atoms with van der Waals surface area (Å²) in [6.07, 6.45) is 0. The Morgan fingerprint density at radius 1 is 1.56 bits per heavy atom. The highest BCUT2D eigenvalue weighted by Crippen LogP contribution is 2.12. The zero-order valence-corrected chi connectivity index (χ0v) is 10.4. The summed E-state index contributed by atoms with van der Waals surface area (Å²) >= 11 is 0. The van der Waals surface area contributed by atoms with E-state index < -0.39 is 5.82 Å². The Labute approximate surface area is 106 Å². The van der Waals surface area contributed by atoms with Crippen LogP contribution >= 0.6 is 0 Å². The first-order chi connectivity index (χ1) is 8.60. The summed E-state index contributed by atoms with van der Waals surface area (Å²) in [5.41, 5.74) is 0.743. The number of halogens is 1. The van der Waals surface area contributed by atoms with Gasteiger partial charge in [-0.15, -0.1) is 0 Å². The lowest BCUT2D eigenvalue weighted by molar-refractivity contribution is -0.142. The Morgan fingerprint density at radius 2 is 2.28 bits per heavy atom. The van der Waals surface area contributed by atoms with Crippen molar-refractivity contribution in [3.8, 4) is 6.07 Å². The van der Waals surface area contributed by atoms with E-state index >= 15 is 0 Å². The molecule has 1 aromatic carbocycles. The Kier molecular flexibility index (Phi) is 5.28. The number of methoxy groups -OCH3 is 1. The number of esters is 1. The fourth-order valence-corrected chi connectivity index (χ4v) is 1.51. The van der Waals surface area contributed by atoms with E-state index in [0.717, 1.165) is 0 Å². The van der Waals surface area contributed by atoms with Gasteiger partial charge in [0, 0.05) is 12.1 Å². The monoisotopic (exact) mass is 250 g/mol. The zero-order chi connectivity index (χ0) is 13.5. The molecule has 0 aliphatic carbocycles. The van der Waals surface area contributed by atoms with Crippen molar-refractivity contribution in [2.75, 3.05) is 20.2 Å². The molecule has 4 nitrogen and oxygen atoms in total. The highest BCUT2D eigenvalue weighted by atomic mass is 19.1. The second-order valence-electron chi connectivity index (χ2n) is 3.80. The van der Waals surface area contributed by atoms with Crippen LogP contribution in [0.25, 0.3) is 0 Å². The molecule has 0 radical (unpaired) electrons. The molecule has 5 heteroatoms. The molecular weight excluding hydrogens is 235 g/mol. The minimum Gasteiger partial charge on any atom is -0.468 e. The maximum absolute atomic E-state index is 13.7. The van der Waals surface area contributed by atoms with Crippen molar-refractivity contribution in [1.82, 2.24) is 4.90 Å². The summed E-state index contributed by atoms with van der Waals surface area (Å²) in [5, 5.41) is 8.64. The average Bonchev–Trinajstić information content (AvgIpc) is 2.39. The van der Waals surface area contributed by atoms with E-state index in [0.29, 0.717) is 18.7 Å². The van der Waals surface area contributed by atoms with Crippen LogP contribution in [0, 0.1) is 17.1 Å². The van der Waals surface area contributed by atoms with Gasteiger partial charge in [0.25, 0.3) is 0 Å². The number of ether oxygens (including phenoxy) is 1. The Hall–Kier alpha value is -1.93. The van der Waals surface area contributed by atoms with Gasteiger partial charge in [0.1, 0.15) is 5.82 Å². The molecule has 0 atom stereocenters. The Bertz CT molecular complexity index is 469. The van der Waals surface area contributed by atoms with Gasteiger partial charge >= 0.3 is 5.97 Å². The van der Waals surface area contributed by atoms with E-state index in [1.165, 1.54) is 13.2 Å². The van der Waals surface area contributed by atoms with Gasteiger partial charge in [-0.2, -0.15) is 5.26 Å². The molecule has 0 aromatic heterocycles. The molecule has 0 saturated carbocycles. The molecular formula is C13H15FN2O2. The molecule has 96 valence electrons. The topological polar surface area (TPSA) is 53.3 Å². The molecule has 0 unspecified atom stereocenters. The fourth-order valence-electron chi connectivity index (χ4n) is 1.51. The summed E-state index contributed by atoms with van der Waals surface area (Å²) in [4.78, 5) is 12.9. The van der Waals surface area contributed by atoms with Gasteiger partial charge in [-0.25, -0.2) is 4.39 Å². The molecule has 0 amide bonds. The first-order valence-electron chi connectivity index (χ1n) is 5.58. The van der Waals surface area contributed by atoms with Crippen LogP contribution in [0.4, 0.5) is 4.39 Å². The fraction of sp³-hybridized carbons (Fsp3) is 0.385. The van der Waals surface area contributed by atoms with Crippen molar-refractivity contribution in [1.29, 1.82) is 5.26 Å². The molecule has 0 aliphatic heterocycles. The number of rotatable bonds is 5. The van der Waals surface area contributed by atoms with E-state index in [1.807, 2.05) is 13.0 Å². The van der Waals surface area contributed by atoms with Gasteiger partial charge in [-0.05, 0) is 18.7 Å². The van der Waals surface area contributed by atoms with Crippen molar-refractivity contribution in [2.24, 2.45) is 0 Å². The molecule has 0 bridgehead atoms. The number of carbonyl (C=O) groups is 1. The normalized spacial score (nSPS) is 10.2. The molecule has 18 heavy (non-hydrogen) atoms. The zero-order valence-electron chi connectivity index (χ0n) is 10.4. The molecule has 0 saturated heterocycles. The van der Waals surface area contributed by atoms with Crippen LogP contribution in [0.3, 0.4) is 0 Å². The van der Waals surface area contributed by atoms with Crippen LogP contribution in [0.5, 0.6) is 0 Å². The molecule has 0 fully saturated rings. The molecule has 0 heterocycles. The predicted octanol–water partition coefficient (Wildman–Crippen LogP) is 1.69. The van der Waals surface area contributed by atoms with Gasteiger partial charge in [0.05, 0.1) is 25.3 Å². The second-order valence-corrected chi connectivity index (χ2v) is 3.80. The van der Waals surface area contributed by atoms with Crippen molar-refractivity contribution < 1.29 is 13.9 Å². The number of nitrogens with zero attached hydrogens (tertiary/aromatic N) is 2. The van der Waals surface area contributed by atoms with Crippen molar-refractivity contribution in [2.45, 2.75) is 13.5 Å². The standard InChI is InChI=1S/C13H15FN2O2/c1-3-16(9-13(17)18-2)8-11-5-4-10(7-15)6-12(11)14/h4-6H,3,8-9H2,1-2H3. The summed E-state index contributed by atoms with van der Waals surface area (Å²) in [5.74, 6) is -0.789. The number of likely N-dealkylation sites (N-methyl/N-ethyl adjacent to an activating group) is 1. The maximum Gasteiger partial charge on any atom is 0.319 e. The number of nitriles is 1. The summed E-state index contributed by atoms with van der Waals surface area (Å²) < 4.78 is 18.2. The summed E-state index contributed by atoms with van der Waals surface area (Å²) in [7, 11) is 1.32. The quantitative estimate of drug-likeness (QED) is 0.746. The third-order valence-electron chi connectivity index (χ3n) is 2.60. The molecule has 0 aliphatic rings.